The molecule has 10 heteroatoms. The van der Waals surface area contributed by atoms with Gasteiger partial charge in [-0.3, -0.25) is 14.5 Å². The average Bonchev–Trinajstić information content (AvgIpc) is 3.35. The molecule has 4 rings (SSSR count). The Labute approximate surface area is 167 Å². The van der Waals surface area contributed by atoms with E-state index in [1.807, 2.05) is 12.1 Å². The van der Waals surface area contributed by atoms with Crippen LogP contribution in [-0.4, -0.2) is 66.0 Å². The number of aromatic nitrogens is 3. The molecular formula is C19H23FN8O. The Morgan fingerprint density at radius 2 is 2.28 bits per heavy atom. The van der Waals surface area contributed by atoms with Gasteiger partial charge in [0.1, 0.15) is 12.0 Å². The van der Waals surface area contributed by atoms with E-state index in [9.17, 15) is 9.18 Å². The summed E-state index contributed by atoms with van der Waals surface area (Å²) in [6, 6.07) is 4.95. The van der Waals surface area contributed by atoms with Gasteiger partial charge < -0.3 is 16.0 Å². The summed E-state index contributed by atoms with van der Waals surface area (Å²) in [6.07, 6.45) is 2.35. The number of anilines is 2. The molecular weight excluding hydrogens is 375 g/mol. The van der Waals surface area contributed by atoms with Crippen LogP contribution in [0.4, 0.5) is 20.8 Å². The molecule has 4 heterocycles. The summed E-state index contributed by atoms with van der Waals surface area (Å²) in [5, 5.41) is 8.90. The second kappa shape index (κ2) is 8.00. The molecule has 0 radical (unpaired) electrons. The lowest BCUT2D eigenvalue weighted by atomic mass is 10.2. The topological polar surface area (TPSA) is 99.5 Å². The molecule has 2 unspecified atom stereocenters. The fourth-order valence-corrected chi connectivity index (χ4v) is 3.39. The average molecular weight is 398 g/mol. The highest BCUT2D eigenvalue weighted by molar-refractivity contribution is 5.92. The fraction of sp³-hybridized carbons (Fsp3) is 0.368. The first-order valence-electron chi connectivity index (χ1n) is 9.42. The number of nitrogens with zero attached hydrogens (tertiary/aromatic N) is 5. The number of carbonyl (C=O) groups is 1. The van der Waals surface area contributed by atoms with E-state index in [0.29, 0.717) is 54.7 Å². The first-order valence-corrected chi connectivity index (χ1v) is 9.42. The summed E-state index contributed by atoms with van der Waals surface area (Å²) in [6.45, 7) is 6.16. The van der Waals surface area contributed by atoms with Crippen LogP contribution in [0.1, 0.15) is 5.69 Å². The number of amides is 2. The van der Waals surface area contributed by atoms with Crippen molar-refractivity contribution >= 4 is 23.4 Å². The summed E-state index contributed by atoms with van der Waals surface area (Å²) in [5.74, 6) is 1.07. The molecule has 2 fully saturated rings. The van der Waals surface area contributed by atoms with Crippen molar-refractivity contribution in [3.05, 3.63) is 48.4 Å². The third-order valence-corrected chi connectivity index (χ3v) is 4.98. The van der Waals surface area contributed by atoms with Gasteiger partial charge in [-0.2, -0.15) is 0 Å². The van der Waals surface area contributed by atoms with Crippen LogP contribution in [0.2, 0.25) is 0 Å². The van der Waals surface area contributed by atoms with Gasteiger partial charge in [-0.05, 0) is 12.1 Å². The molecule has 0 bridgehead atoms. The van der Waals surface area contributed by atoms with Crippen molar-refractivity contribution in [3.63, 3.8) is 0 Å². The molecule has 0 spiro atoms. The number of carbonyl (C=O) groups excluding carboxylic acids is 1. The second-order valence-corrected chi connectivity index (χ2v) is 6.86. The molecule has 29 heavy (non-hydrogen) atoms. The quantitative estimate of drug-likeness (QED) is 0.684. The van der Waals surface area contributed by atoms with Gasteiger partial charge in [0.15, 0.2) is 11.3 Å². The molecule has 0 aliphatic carbocycles. The molecule has 2 aliphatic heterocycles. The van der Waals surface area contributed by atoms with Crippen molar-refractivity contribution in [1.29, 1.82) is 0 Å². The number of alkyl halides is 1. The molecule has 2 atom stereocenters. The van der Waals surface area contributed by atoms with Gasteiger partial charge in [0.25, 0.3) is 0 Å². The molecule has 0 saturated carbocycles. The number of hydrogen-bond donors (Lipinski definition) is 3. The lowest BCUT2D eigenvalue weighted by molar-refractivity contribution is 0.252. The smallest absolute Gasteiger partial charge is 0.323 e. The normalized spacial score (nSPS) is 22.1. The molecule has 2 aromatic heterocycles. The highest BCUT2D eigenvalue weighted by atomic mass is 19.1. The van der Waals surface area contributed by atoms with Crippen LogP contribution in [0, 0.1) is 0 Å². The van der Waals surface area contributed by atoms with Gasteiger partial charge in [-0.1, -0.05) is 12.6 Å². The van der Waals surface area contributed by atoms with E-state index in [1.54, 1.807) is 35.0 Å². The Morgan fingerprint density at radius 3 is 2.97 bits per heavy atom. The van der Waals surface area contributed by atoms with Crippen molar-refractivity contribution in [2.24, 2.45) is 4.99 Å². The third-order valence-electron chi connectivity index (χ3n) is 4.98. The van der Waals surface area contributed by atoms with Gasteiger partial charge in [-0.15, -0.1) is 0 Å². The fourth-order valence-electron chi connectivity index (χ4n) is 3.39. The zero-order valence-corrected chi connectivity index (χ0v) is 16.1. The Balaban J connectivity index is 1.63. The number of nitrogens with one attached hydrogen (secondary N) is 3. The standard InChI is InChI=1S/C19H23FN8O/c1-12(14-4-3-5-16(25-14)26-15-9-22-8-13(15)20)28-11-18(24-10-17(28)21-2)27-7-6-23-19(27)29/h3-5,10-11,13,15,22H,1,6-9H2,2H3,(H,23,29)(H,25,26). The van der Waals surface area contributed by atoms with Crippen molar-refractivity contribution in [1.82, 2.24) is 25.2 Å². The third kappa shape index (κ3) is 3.83. The Morgan fingerprint density at radius 1 is 1.41 bits per heavy atom. The van der Waals surface area contributed by atoms with E-state index in [-0.39, 0.29) is 12.1 Å². The first kappa shape index (κ1) is 19.1. The number of halogens is 1. The molecule has 0 aromatic carbocycles. The molecule has 2 aliphatic rings. The number of hydrogen-bond acceptors (Lipinski definition) is 6. The number of pyridine rings is 1. The van der Waals surface area contributed by atoms with Crippen LogP contribution in [0.25, 0.3) is 5.70 Å². The van der Waals surface area contributed by atoms with Crippen LogP contribution < -0.4 is 26.3 Å². The first-order chi connectivity index (χ1) is 14.1. The predicted molar refractivity (Wildman–Crippen MR) is 108 cm³/mol. The van der Waals surface area contributed by atoms with E-state index in [1.165, 1.54) is 0 Å². The van der Waals surface area contributed by atoms with E-state index in [2.05, 4.69) is 37.5 Å². The maximum absolute atomic E-state index is 13.9. The van der Waals surface area contributed by atoms with Gasteiger partial charge >= 0.3 is 6.03 Å². The monoisotopic (exact) mass is 398 g/mol. The van der Waals surface area contributed by atoms with Gasteiger partial charge in [-0.25, -0.2) is 19.2 Å². The van der Waals surface area contributed by atoms with Crippen molar-refractivity contribution < 1.29 is 9.18 Å². The van der Waals surface area contributed by atoms with E-state index in [0.717, 1.165) is 0 Å². The summed E-state index contributed by atoms with van der Waals surface area (Å²) in [7, 11) is 1.66. The summed E-state index contributed by atoms with van der Waals surface area (Å²) in [4.78, 5) is 26.7. The minimum atomic E-state index is -0.960. The maximum atomic E-state index is 13.9. The van der Waals surface area contributed by atoms with Crippen LogP contribution in [0.15, 0.2) is 42.2 Å². The van der Waals surface area contributed by atoms with Crippen LogP contribution in [0.5, 0.6) is 0 Å². The molecule has 152 valence electrons. The SMILES string of the molecule is C=C(c1cccc(NC2CNCC2F)n1)n1cc(N2CCNC2=O)ncc1=NC. The minimum Gasteiger partial charge on any atom is -0.363 e. The van der Waals surface area contributed by atoms with Crippen molar-refractivity contribution in [2.75, 3.05) is 43.4 Å². The summed E-state index contributed by atoms with van der Waals surface area (Å²) >= 11 is 0. The zero-order chi connectivity index (χ0) is 20.4. The van der Waals surface area contributed by atoms with Gasteiger partial charge in [0.05, 0.1) is 29.8 Å². The van der Waals surface area contributed by atoms with Gasteiger partial charge in [0, 0.05) is 33.2 Å². The Kier molecular flexibility index (Phi) is 5.26. The summed E-state index contributed by atoms with van der Waals surface area (Å²) in [5.41, 5.74) is 1.75. The molecule has 2 saturated heterocycles. The maximum Gasteiger partial charge on any atom is 0.323 e. The number of urea groups is 1. The predicted octanol–water partition coefficient (Wildman–Crippen LogP) is 0.579. The zero-order valence-electron chi connectivity index (χ0n) is 16.1. The second-order valence-electron chi connectivity index (χ2n) is 6.86. The number of rotatable bonds is 5. The van der Waals surface area contributed by atoms with Crippen LogP contribution >= 0.6 is 0 Å². The van der Waals surface area contributed by atoms with Crippen molar-refractivity contribution in [3.8, 4) is 0 Å². The molecule has 3 N–H and O–H groups in total. The minimum absolute atomic E-state index is 0.189. The van der Waals surface area contributed by atoms with Crippen LogP contribution in [-0.2, 0) is 0 Å². The van der Waals surface area contributed by atoms with Crippen LogP contribution in [0.3, 0.4) is 0 Å². The van der Waals surface area contributed by atoms with E-state index < -0.39 is 6.17 Å². The van der Waals surface area contributed by atoms with E-state index >= 15 is 0 Å². The highest BCUT2D eigenvalue weighted by Gasteiger charge is 2.27. The molecule has 9 nitrogen and oxygen atoms in total. The van der Waals surface area contributed by atoms with Gasteiger partial charge in [0.2, 0.25) is 0 Å². The summed E-state index contributed by atoms with van der Waals surface area (Å²) < 4.78 is 15.6. The lowest BCUT2D eigenvalue weighted by Crippen LogP contribution is -2.31. The highest BCUT2D eigenvalue weighted by Crippen LogP contribution is 2.18. The largest absolute Gasteiger partial charge is 0.363 e. The Bertz CT molecular complexity index is 1000. The molecule has 2 amide bonds. The van der Waals surface area contributed by atoms with E-state index in [4.69, 9.17) is 0 Å². The lowest BCUT2D eigenvalue weighted by Gasteiger charge is -2.18. The van der Waals surface area contributed by atoms with Crippen molar-refractivity contribution in [2.45, 2.75) is 12.2 Å². The molecule has 2 aromatic rings. The Hall–Kier alpha value is -3.27.